The van der Waals surface area contributed by atoms with Crippen molar-refractivity contribution >= 4 is 16.5 Å². The van der Waals surface area contributed by atoms with Crippen LogP contribution in [0.2, 0.25) is 0 Å². The summed E-state index contributed by atoms with van der Waals surface area (Å²) in [6.45, 7) is 6.37. The molecule has 0 spiro atoms. The molecule has 0 saturated heterocycles. The molecule has 0 radical (unpaired) electrons. The largest absolute Gasteiger partial charge is 0.357 e. The Morgan fingerprint density at radius 1 is 1.05 bits per heavy atom. The van der Waals surface area contributed by atoms with Crippen LogP contribution in [0.3, 0.4) is 0 Å². The maximum atomic E-state index is 4.29. The van der Waals surface area contributed by atoms with E-state index in [4.69, 9.17) is 0 Å². The molecule has 2 nitrogen and oxygen atoms in total. The molecule has 3 aromatic rings. The molecule has 1 unspecified atom stereocenters. The van der Waals surface area contributed by atoms with Crippen LogP contribution in [0.1, 0.15) is 28.4 Å². The molecular formula is C20H18N2. The first-order valence-corrected chi connectivity index (χ1v) is 7.93. The third-order valence-corrected chi connectivity index (χ3v) is 5.16. The second-order valence-corrected chi connectivity index (χ2v) is 6.38. The van der Waals surface area contributed by atoms with Crippen LogP contribution < -0.4 is 0 Å². The maximum Gasteiger partial charge on any atom is 0.0766 e. The number of nitrogens with one attached hydrogen (secondary N) is 1. The molecule has 3 heterocycles. The molecular weight excluding hydrogens is 268 g/mol. The number of aromatic nitrogens is 1. The molecule has 108 valence electrons. The van der Waals surface area contributed by atoms with Crippen LogP contribution in [-0.4, -0.2) is 23.0 Å². The van der Waals surface area contributed by atoms with Crippen LogP contribution in [0.15, 0.2) is 55.1 Å². The van der Waals surface area contributed by atoms with Crippen LogP contribution >= 0.6 is 0 Å². The van der Waals surface area contributed by atoms with Crippen molar-refractivity contribution in [3.05, 3.63) is 77.5 Å². The first-order chi connectivity index (χ1) is 10.8. The molecule has 2 heteroatoms. The molecule has 0 aliphatic carbocycles. The van der Waals surface area contributed by atoms with Crippen molar-refractivity contribution in [3.63, 3.8) is 0 Å². The molecule has 0 bridgehead atoms. The summed E-state index contributed by atoms with van der Waals surface area (Å²) in [5.41, 5.74) is 8.11. The summed E-state index contributed by atoms with van der Waals surface area (Å²) in [7, 11) is 0. The minimum Gasteiger partial charge on any atom is -0.357 e. The normalized spacial score (nSPS) is 20.5. The Kier molecular flexibility index (Phi) is 2.42. The molecule has 2 aromatic carbocycles. The highest BCUT2D eigenvalue weighted by molar-refractivity contribution is 5.86. The average molecular weight is 286 g/mol. The lowest BCUT2D eigenvalue weighted by molar-refractivity contribution is 0.231. The van der Waals surface area contributed by atoms with Gasteiger partial charge in [-0.3, -0.25) is 4.90 Å². The number of benzene rings is 2. The van der Waals surface area contributed by atoms with Crippen molar-refractivity contribution in [1.82, 2.24) is 9.88 Å². The van der Waals surface area contributed by atoms with Gasteiger partial charge in [0.1, 0.15) is 0 Å². The Balaban J connectivity index is 1.79. The first-order valence-electron chi connectivity index (χ1n) is 7.93. The van der Waals surface area contributed by atoms with Gasteiger partial charge in [0.25, 0.3) is 0 Å². The highest BCUT2D eigenvalue weighted by Crippen LogP contribution is 2.43. The Hall–Kier alpha value is -2.32. The SMILES string of the molecule is C=C1CN2CCc3c([nH]c4ccccc34)C2c2ccccc21. The second-order valence-electron chi connectivity index (χ2n) is 6.38. The van der Waals surface area contributed by atoms with Gasteiger partial charge < -0.3 is 4.98 Å². The summed E-state index contributed by atoms with van der Waals surface area (Å²) >= 11 is 0. The van der Waals surface area contributed by atoms with Gasteiger partial charge >= 0.3 is 0 Å². The van der Waals surface area contributed by atoms with E-state index < -0.39 is 0 Å². The lowest BCUT2D eigenvalue weighted by Gasteiger charge is -2.41. The topological polar surface area (TPSA) is 19.0 Å². The average Bonchev–Trinajstić information content (AvgIpc) is 2.93. The van der Waals surface area contributed by atoms with Crippen molar-refractivity contribution in [2.75, 3.05) is 13.1 Å². The number of hydrogen-bond acceptors (Lipinski definition) is 1. The zero-order valence-corrected chi connectivity index (χ0v) is 12.5. The van der Waals surface area contributed by atoms with Gasteiger partial charge in [-0.05, 0) is 34.8 Å². The zero-order chi connectivity index (χ0) is 14.7. The van der Waals surface area contributed by atoms with E-state index >= 15 is 0 Å². The Morgan fingerprint density at radius 2 is 1.86 bits per heavy atom. The molecule has 1 N–H and O–H groups in total. The summed E-state index contributed by atoms with van der Waals surface area (Å²) in [6.07, 6.45) is 1.12. The molecule has 0 fully saturated rings. The highest BCUT2D eigenvalue weighted by atomic mass is 15.2. The quantitative estimate of drug-likeness (QED) is 0.658. The lowest BCUT2D eigenvalue weighted by Crippen LogP contribution is -2.40. The van der Waals surface area contributed by atoms with Gasteiger partial charge in [0.15, 0.2) is 0 Å². The third kappa shape index (κ3) is 1.53. The molecule has 2 aliphatic rings. The van der Waals surface area contributed by atoms with Gasteiger partial charge in [-0.2, -0.15) is 0 Å². The fourth-order valence-electron chi connectivity index (χ4n) is 4.20. The van der Waals surface area contributed by atoms with Gasteiger partial charge in [-0.25, -0.2) is 0 Å². The second kappa shape index (κ2) is 4.34. The number of H-pyrrole nitrogens is 1. The number of rotatable bonds is 0. The summed E-state index contributed by atoms with van der Waals surface area (Å²) in [5, 5.41) is 1.39. The van der Waals surface area contributed by atoms with Crippen molar-refractivity contribution in [1.29, 1.82) is 0 Å². The lowest BCUT2D eigenvalue weighted by atomic mass is 9.84. The first kappa shape index (κ1) is 12.2. The summed E-state index contributed by atoms with van der Waals surface area (Å²) in [4.78, 5) is 6.26. The van der Waals surface area contributed by atoms with E-state index in [0.717, 1.165) is 19.5 Å². The van der Waals surface area contributed by atoms with Gasteiger partial charge in [0.05, 0.1) is 6.04 Å². The number of para-hydroxylation sites is 1. The fraction of sp³-hybridized carbons (Fsp3) is 0.200. The smallest absolute Gasteiger partial charge is 0.0766 e. The minimum atomic E-state index is 0.345. The van der Waals surface area contributed by atoms with E-state index in [1.54, 1.807) is 0 Å². The molecule has 22 heavy (non-hydrogen) atoms. The molecule has 1 aromatic heterocycles. The van der Waals surface area contributed by atoms with Crippen LogP contribution in [0.25, 0.3) is 16.5 Å². The van der Waals surface area contributed by atoms with Gasteiger partial charge in [0.2, 0.25) is 0 Å². The summed E-state index contributed by atoms with van der Waals surface area (Å²) in [5.74, 6) is 0. The molecule has 0 amide bonds. The van der Waals surface area contributed by atoms with Crippen molar-refractivity contribution in [2.45, 2.75) is 12.5 Å². The number of fused-ring (bicyclic) bond motifs is 7. The third-order valence-electron chi connectivity index (χ3n) is 5.16. The van der Waals surface area contributed by atoms with E-state index in [1.807, 2.05) is 0 Å². The van der Waals surface area contributed by atoms with Crippen LogP contribution in [0.4, 0.5) is 0 Å². The van der Waals surface area contributed by atoms with E-state index in [-0.39, 0.29) is 0 Å². The number of aromatic amines is 1. The van der Waals surface area contributed by atoms with Gasteiger partial charge in [-0.15, -0.1) is 0 Å². The predicted molar refractivity (Wildman–Crippen MR) is 90.9 cm³/mol. The van der Waals surface area contributed by atoms with Crippen LogP contribution in [0, 0.1) is 0 Å². The zero-order valence-electron chi connectivity index (χ0n) is 12.5. The summed E-state index contributed by atoms with van der Waals surface area (Å²) in [6, 6.07) is 17.8. The van der Waals surface area contributed by atoms with E-state index in [0.29, 0.717) is 6.04 Å². The van der Waals surface area contributed by atoms with E-state index in [9.17, 15) is 0 Å². The maximum absolute atomic E-state index is 4.29. The van der Waals surface area contributed by atoms with Gasteiger partial charge in [0, 0.05) is 29.7 Å². The van der Waals surface area contributed by atoms with Crippen LogP contribution in [-0.2, 0) is 6.42 Å². The monoisotopic (exact) mass is 286 g/mol. The molecule has 1 atom stereocenters. The van der Waals surface area contributed by atoms with Crippen molar-refractivity contribution in [2.24, 2.45) is 0 Å². The predicted octanol–water partition coefficient (Wildman–Crippen LogP) is 4.14. The van der Waals surface area contributed by atoms with Crippen molar-refractivity contribution < 1.29 is 0 Å². The number of nitrogens with zero attached hydrogens (tertiary/aromatic N) is 1. The Bertz CT molecular complexity index is 903. The Labute approximate surface area is 130 Å². The van der Waals surface area contributed by atoms with E-state index in [1.165, 1.54) is 38.9 Å². The highest BCUT2D eigenvalue weighted by Gasteiger charge is 2.36. The van der Waals surface area contributed by atoms with Gasteiger partial charge in [-0.1, -0.05) is 49.0 Å². The Morgan fingerprint density at radius 3 is 2.82 bits per heavy atom. The number of hydrogen-bond donors (Lipinski definition) is 1. The standard InChI is InChI=1S/C20H18N2/c1-13-12-22-11-10-16-15-7-4-5-9-18(15)21-19(16)20(22)17-8-3-2-6-14(13)17/h2-9,20-21H,1,10-12H2. The minimum absolute atomic E-state index is 0.345. The summed E-state index contributed by atoms with van der Waals surface area (Å²) < 4.78 is 0. The fourth-order valence-corrected chi connectivity index (χ4v) is 4.20. The molecule has 0 saturated carbocycles. The van der Waals surface area contributed by atoms with E-state index in [2.05, 4.69) is 65.0 Å². The molecule has 2 aliphatic heterocycles. The van der Waals surface area contributed by atoms with Crippen molar-refractivity contribution in [3.8, 4) is 0 Å². The van der Waals surface area contributed by atoms with Crippen LogP contribution in [0.5, 0.6) is 0 Å². The molecule has 5 rings (SSSR count).